The Kier molecular flexibility index (Phi) is 7.69. The molecule has 0 aromatic heterocycles. The molecule has 0 unspecified atom stereocenters. The fraction of sp³-hybridized carbons (Fsp3) is 0.900. The number of hydrogen-bond donors (Lipinski definition) is 1. The molecule has 0 heterocycles. The van der Waals surface area contributed by atoms with E-state index in [1.165, 1.54) is 19.8 Å². The summed E-state index contributed by atoms with van der Waals surface area (Å²) in [5.74, 6) is -0.149. The van der Waals surface area contributed by atoms with E-state index in [4.69, 9.17) is 9.84 Å². The summed E-state index contributed by atoms with van der Waals surface area (Å²) in [4.78, 5) is 10.5. The molecule has 0 spiro atoms. The monoisotopic (exact) mass is 188 g/mol. The number of hydrogen-bond acceptors (Lipinski definition) is 3. The third kappa shape index (κ3) is 7.78. The minimum Gasteiger partial charge on any atom is -0.465 e. The van der Waals surface area contributed by atoms with Gasteiger partial charge in [0.25, 0.3) is 0 Å². The van der Waals surface area contributed by atoms with E-state index in [0.717, 1.165) is 12.8 Å². The molecule has 13 heavy (non-hydrogen) atoms. The quantitative estimate of drug-likeness (QED) is 0.489. The highest BCUT2D eigenvalue weighted by atomic mass is 16.5. The van der Waals surface area contributed by atoms with Crippen LogP contribution in [0.15, 0.2) is 0 Å². The summed E-state index contributed by atoms with van der Waals surface area (Å²) in [6.45, 7) is 3.99. The van der Waals surface area contributed by atoms with Gasteiger partial charge in [0.2, 0.25) is 0 Å². The van der Waals surface area contributed by atoms with Gasteiger partial charge in [-0.05, 0) is 6.42 Å². The Balaban J connectivity index is 3.45. The van der Waals surface area contributed by atoms with Crippen LogP contribution in [0.5, 0.6) is 0 Å². The van der Waals surface area contributed by atoms with Crippen LogP contribution < -0.4 is 0 Å². The molecule has 0 amide bonds. The summed E-state index contributed by atoms with van der Waals surface area (Å²) in [7, 11) is 0. The van der Waals surface area contributed by atoms with E-state index in [0.29, 0.717) is 6.61 Å². The van der Waals surface area contributed by atoms with Gasteiger partial charge in [0.15, 0.2) is 0 Å². The van der Waals surface area contributed by atoms with Gasteiger partial charge in [-0.3, -0.25) is 4.79 Å². The lowest BCUT2D eigenvalue weighted by atomic mass is 10.0. The Bertz CT molecular complexity index is 134. The first kappa shape index (κ1) is 12.4. The fourth-order valence-electron chi connectivity index (χ4n) is 1.15. The van der Waals surface area contributed by atoms with Gasteiger partial charge in [-0.15, -0.1) is 0 Å². The first-order chi connectivity index (χ1) is 6.20. The second kappa shape index (κ2) is 8.05. The number of aliphatic hydroxyl groups excluding tert-OH is 1. The van der Waals surface area contributed by atoms with Gasteiger partial charge in [-0.25, -0.2) is 0 Å². The molecule has 3 heteroatoms. The molecule has 1 atom stereocenters. The molecule has 1 N–H and O–H groups in total. The van der Waals surface area contributed by atoms with Crippen LogP contribution >= 0.6 is 0 Å². The van der Waals surface area contributed by atoms with E-state index in [-0.39, 0.29) is 18.5 Å². The molecule has 0 aromatic rings. The highest BCUT2D eigenvalue weighted by Crippen LogP contribution is 2.09. The van der Waals surface area contributed by atoms with Crippen LogP contribution in [0.1, 0.15) is 39.5 Å². The summed E-state index contributed by atoms with van der Waals surface area (Å²) in [6.07, 6.45) is 4.39. The van der Waals surface area contributed by atoms with E-state index in [2.05, 4.69) is 6.92 Å². The zero-order valence-corrected chi connectivity index (χ0v) is 8.58. The SMILES string of the molecule is CCCCC[C@H](CO)COC(C)=O. The average Bonchev–Trinajstić information content (AvgIpc) is 2.10. The van der Waals surface area contributed by atoms with Crippen LogP contribution in [-0.4, -0.2) is 24.3 Å². The van der Waals surface area contributed by atoms with Crippen molar-refractivity contribution in [1.29, 1.82) is 0 Å². The molecule has 0 saturated carbocycles. The summed E-state index contributed by atoms with van der Waals surface area (Å²) < 4.78 is 4.83. The normalized spacial score (nSPS) is 12.5. The van der Waals surface area contributed by atoms with Crippen molar-refractivity contribution < 1.29 is 14.6 Å². The first-order valence-corrected chi connectivity index (χ1v) is 4.95. The molecule has 0 aliphatic rings. The summed E-state index contributed by atoms with van der Waals surface area (Å²) in [5, 5.41) is 8.95. The van der Waals surface area contributed by atoms with Crippen molar-refractivity contribution in [3.8, 4) is 0 Å². The second-order valence-electron chi connectivity index (χ2n) is 3.35. The zero-order chi connectivity index (χ0) is 10.1. The molecule has 0 aliphatic heterocycles. The number of esters is 1. The maximum Gasteiger partial charge on any atom is 0.302 e. The van der Waals surface area contributed by atoms with Crippen LogP contribution in [0.2, 0.25) is 0 Å². The van der Waals surface area contributed by atoms with E-state index in [9.17, 15) is 4.79 Å². The van der Waals surface area contributed by atoms with E-state index in [1.54, 1.807) is 0 Å². The van der Waals surface area contributed by atoms with Crippen LogP contribution in [0.25, 0.3) is 0 Å². The van der Waals surface area contributed by atoms with Gasteiger partial charge >= 0.3 is 5.97 Å². The van der Waals surface area contributed by atoms with Crippen molar-refractivity contribution in [3.05, 3.63) is 0 Å². The zero-order valence-electron chi connectivity index (χ0n) is 8.58. The second-order valence-corrected chi connectivity index (χ2v) is 3.35. The number of ether oxygens (including phenoxy) is 1. The van der Waals surface area contributed by atoms with E-state index >= 15 is 0 Å². The predicted octanol–water partition coefficient (Wildman–Crippen LogP) is 1.74. The van der Waals surface area contributed by atoms with Crippen molar-refractivity contribution in [2.45, 2.75) is 39.5 Å². The number of carbonyl (C=O) groups is 1. The molecule has 0 aromatic carbocycles. The predicted molar refractivity (Wildman–Crippen MR) is 51.4 cm³/mol. The van der Waals surface area contributed by atoms with E-state index < -0.39 is 0 Å². The minimum atomic E-state index is -0.269. The summed E-state index contributed by atoms with van der Waals surface area (Å²) in [6, 6.07) is 0. The molecule has 0 rings (SSSR count). The highest BCUT2D eigenvalue weighted by molar-refractivity contribution is 5.65. The highest BCUT2D eigenvalue weighted by Gasteiger charge is 2.08. The molecular formula is C10H20O3. The van der Waals surface area contributed by atoms with E-state index in [1.807, 2.05) is 0 Å². The first-order valence-electron chi connectivity index (χ1n) is 4.95. The number of unbranched alkanes of at least 4 members (excludes halogenated alkanes) is 2. The largest absolute Gasteiger partial charge is 0.465 e. The summed E-state index contributed by atoms with van der Waals surface area (Å²) in [5.41, 5.74) is 0. The molecule has 0 aliphatic carbocycles. The average molecular weight is 188 g/mol. The van der Waals surface area contributed by atoms with Crippen LogP contribution in [0, 0.1) is 5.92 Å². The fourth-order valence-corrected chi connectivity index (χ4v) is 1.15. The van der Waals surface area contributed by atoms with Gasteiger partial charge in [0.1, 0.15) is 0 Å². The van der Waals surface area contributed by atoms with Gasteiger partial charge < -0.3 is 9.84 Å². The van der Waals surface area contributed by atoms with Crippen molar-refractivity contribution >= 4 is 5.97 Å². The Morgan fingerprint density at radius 2 is 2.15 bits per heavy atom. The molecule has 0 fully saturated rings. The maximum atomic E-state index is 10.5. The smallest absolute Gasteiger partial charge is 0.302 e. The van der Waals surface area contributed by atoms with Gasteiger partial charge in [0.05, 0.1) is 6.61 Å². The molecule has 0 radical (unpaired) electrons. The Morgan fingerprint density at radius 3 is 2.62 bits per heavy atom. The van der Waals surface area contributed by atoms with Gasteiger partial charge in [-0.2, -0.15) is 0 Å². The standard InChI is InChI=1S/C10H20O3/c1-3-4-5-6-10(7-11)8-13-9(2)12/h10-11H,3-8H2,1-2H3/t10-/m1/s1. The van der Waals surface area contributed by atoms with Crippen molar-refractivity contribution in [2.75, 3.05) is 13.2 Å². The van der Waals surface area contributed by atoms with Crippen molar-refractivity contribution in [2.24, 2.45) is 5.92 Å². The lowest BCUT2D eigenvalue weighted by Crippen LogP contribution is -2.15. The van der Waals surface area contributed by atoms with Crippen molar-refractivity contribution in [1.82, 2.24) is 0 Å². The number of rotatable bonds is 7. The lowest BCUT2D eigenvalue weighted by molar-refractivity contribution is -0.142. The van der Waals surface area contributed by atoms with Crippen LogP contribution in [0.4, 0.5) is 0 Å². The molecule has 3 nitrogen and oxygen atoms in total. The minimum absolute atomic E-state index is 0.108. The van der Waals surface area contributed by atoms with Crippen molar-refractivity contribution in [3.63, 3.8) is 0 Å². The third-order valence-electron chi connectivity index (χ3n) is 2.00. The molecular weight excluding hydrogens is 168 g/mol. The molecule has 78 valence electrons. The number of carbonyl (C=O) groups excluding carboxylic acids is 1. The topological polar surface area (TPSA) is 46.5 Å². The Labute approximate surface area is 80.1 Å². The van der Waals surface area contributed by atoms with Crippen LogP contribution in [-0.2, 0) is 9.53 Å². The molecule has 0 saturated heterocycles. The number of aliphatic hydroxyl groups is 1. The lowest BCUT2D eigenvalue weighted by Gasteiger charge is -2.12. The van der Waals surface area contributed by atoms with Gasteiger partial charge in [-0.1, -0.05) is 26.2 Å². The summed E-state index contributed by atoms with van der Waals surface area (Å²) >= 11 is 0. The van der Waals surface area contributed by atoms with Gasteiger partial charge in [0, 0.05) is 19.4 Å². The Hall–Kier alpha value is -0.570. The third-order valence-corrected chi connectivity index (χ3v) is 2.00. The maximum absolute atomic E-state index is 10.5. The molecule has 0 bridgehead atoms. The Morgan fingerprint density at radius 1 is 1.46 bits per heavy atom. The van der Waals surface area contributed by atoms with Crippen LogP contribution in [0.3, 0.4) is 0 Å².